The van der Waals surface area contributed by atoms with E-state index >= 15 is 0 Å². The lowest BCUT2D eigenvalue weighted by molar-refractivity contribution is 0.0702. The molecule has 7 nitrogen and oxygen atoms in total. The van der Waals surface area contributed by atoms with Gasteiger partial charge in [0, 0.05) is 58.7 Å². The van der Waals surface area contributed by atoms with E-state index in [-0.39, 0.29) is 24.0 Å². The molecule has 160 valence electrons. The van der Waals surface area contributed by atoms with Gasteiger partial charge >= 0.3 is 0 Å². The van der Waals surface area contributed by atoms with Crippen LogP contribution in [0.4, 0.5) is 5.69 Å². The number of ether oxygens (including phenoxy) is 3. The van der Waals surface area contributed by atoms with Crippen LogP contribution in [0.15, 0.2) is 29.3 Å². The summed E-state index contributed by atoms with van der Waals surface area (Å²) in [4.78, 5) is 9.51. The molecule has 0 saturated carbocycles. The number of halogens is 1. The van der Waals surface area contributed by atoms with Crippen molar-refractivity contribution < 1.29 is 14.2 Å². The van der Waals surface area contributed by atoms with Gasteiger partial charge in [0.15, 0.2) is 5.96 Å². The van der Waals surface area contributed by atoms with Crippen LogP contribution in [0.25, 0.3) is 0 Å². The number of anilines is 1. The maximum Gasteiger partial charge on any atom is 0.194 e. The molecule has 1 N–H and O–H groups in total. The molecule has 2 rings (SSSR count). The molecule has 28 heavy (non-hydrogen) atoms. The molecule has 1 aromatic carbocycles. The highest BCUT2D eigenvalue weighted by Gasteiger charge is 2.19. The molecule has 0 atom stereocenters. The lowest BCUT2D eigenvalue weighted by Gasteiger charge is -2.37. The van der Waals surface area contributed by atoms with E-state index in [0.29, 0.717) is 13.2 Å². The molecule has 0 aromatic heterocycles. The third-order valence-corrected chi connectivity index (χ3v) is 4.49. The first-order valence-corrected chi connectivity index (χ1v) is 9.77. The molecular weight excluding hydrogens is 471 g/mol. The van der Waals surface area contributed by atoms with Crippen molar-refractivity contribution in [2.75, 3.05) is 78.2 Å². The molecule has 0 radical (unpaired) electrons. The lowest BCUT2D eigenvalue weighted by atomic mass is 10.2. The average molecular weight is 506 g/mol. The standard InChI is InChI=1S/C20H34N4O3.HI/c1-4-21-20(22-10-5-15-27-17-16-25-2)24-13-11-23(12-14-24)18-6-8-19(26-3)9-7-18;/h6-9H,4-5,10-17H2,1-3H3,(H,21,22);1H. The number of piperazine rings is 1. The molecule has 1 aromatic rings. The SMILES string of the molecule is CCNC(=NCCCOCCOC)N1CCN(c2ccc(OC)cc2)CC1.I. The molecule has 1 saturated heterocycles. The van der Waals surface area contributed by atoms with E-state index in [1.807, 2.05) is 12.1 Å². The Bertz CT molecular complexity index is 549. The van der Waals surface area contributed by atoms with Gasteiger partial charge in [-0.15, -0.1) is 24.0 Å². The van der Waals surface area contributed by atoms with Crippen LogP contribution >= 0.6 is 24.0 Å². The summed E-state index contributed by atoms with van der Waals surface area (Å²) in [6.07, 6.45) is 0.921. The second kappa shape index (κ2) is 14.7. The van der Waals surface area contributed by atoms with Gasteiger partial charge in [-0.1, -0.05) is 0 Å². The highest BCUT2D eigenvalue weighted by molar-refractivity contribution is 14.0. The Balaban J connectivity index is 0.00000392. The van der Waals surface area contributed by atoms with Gasteiger partial charge in [0.2, 0.25) is 0 Å². The summed E-state index contributed by atoms with van der Waals surface area (Å²) in [7, 11) is 3.38. The smallest absolute Gasteiger partial charge is 0.194 e. The van der Waals surface area contributed by atoms with Crippen molar-refractivity contribution in [2.24, 2.45) is 4.99 Å². The zero-order valence-electron chi connectivity index (χ0n) is 17.4. The Morgan fingerprint density at radius 2 is 1.75 bits per heavy atom. The fraction of sp³-hybridized carbons (Fsp3) is 0.650. The summed E-state index contributed by atoms with van der Waals surface area (Å²) in [5, 5.41) is 3.41. The second-order valence-corrected chi connectivity index (χ2v) is 6.37. The summed E-state index contributed by atoms with van der Waals surface area (Å²) in [5.74, 6) is 1.90. The van der Waals surface area contributed by atoms with Crippen LogP contribution in [-0.2, 0) is 9.47 Å². The zero-order chi connectivity index (χ0) is 19.3. The van der Waals surface area contributed by atoms with Gasteiger partial charge in [-0.3, -0.25) is 4.99 Å². The molecule has 0 unspecified atom stereocenters. The van der Waals surface area contributed by atoms with E-state index in [4.69, 9.17) is 19.2 Å². The number of guanidine groups is 1. The third kappa shape index (κ3) is 8.40. The van der Waals surface area contributed by atoms with Gasteiger partial charge < -0.3 is 29.3 Å². The third-order valence-electron chi connectivity index (χ3n) is 4.49. The van der Waals surface area contributed by atoms with Gasteiger partial charge in [-0.25, -0.2) is 0 Å². The Hall–Kier alpha value is -1.26. The van der Waals surface area contributed by atoms with Crippen LogP contribution in [0.3, 0.4) is 0 Å². The Morgan fingerprint density at radius 1 is 1.04 bits per heavy atom. The number of nitrogens with zero attached hydrogens (tertiary/aromatic N) is 3. The fourth-order valence-corrected chi connectivity index (χ4v) is 2.99. The fourth-order valence-electron chi connectivity index (χ4n) is 2.99. The van der Waals surface area contributed by atoms with Gasteiger partial charge in [0.1, 0.15) is 5.75 Å². The first-order chi connectivity index (χ1) is 13.3. The summed E-state index contributed by atoms with van der Waals surface area (Å²) < 4.78 is 15.7. The molecule has 8 heteroatoms. The first kappa shape index (κ1) is 24.8. The zero-order valence-corrected chi connectivity index (χ0v) is 19.7. The molecule has 1 aliphatic heterocycles. The quantitative estimate of drug-likeness (QED) is 0.228. The Labute approximate surface area is 186 Å². The van der Waals surface area contributed by atoms with E-state index in [1.165, 1.54) is 5.69 Å². The number of hydrogen-bond acceptors (Lipinski definition) is 5. The highest BCUT2D eigenvalue weighted by Crippen LogP contribution is 2.20. The summed E-state index contributed by atoms with van der Waals surface area (Å²) in [6, 6.07) is 8.28. The molecule has 1 aliphatic rings. The van der Waals surface area contributed by atoms with Gasteiger partial charge in [0.05, 0.1) is 20.3 Å². The van der Waals surface area contributed by atoms with Crippen molar-refractivity contribution in [3.8, 4) is 5.75 Å². The predicted molar refractivity (Wildman–Crippen MR) is 125 cm³/mol. The largest absolute Gasteiger partial charge is 0.497 e. The van der Waals surface area contributed by atoms with E-state index in [0.717, 1.165) is 64.0 Å². The van der Waals surface area contributed by atoms with E-state index in [9.17, 15) is 0 Å². The molecule has 0 bridgehead atoms. The van der Waals surface area contributed by atoms with Crippen molar-refractivity contribution in [2.45, 2.75) is 13.3 Å². The average Bonchev–Trinajstić information content (AvgIpc) is 2.72. The minimum absolute atomic E-state index is 0. The first-order valence-electron chi connectivity index (χ1n) is 9.77. The monoisotopic (exact) mass is 506 g/mol. The van der Waals surface area contributed by atoms with Crippen molar-refractivity contribution in [1.82, 2.24) is 10.2 Å². The van der Waals surface area contributed by atoms with Crippen LogP contribution in [0.5, 0.6) is 5.75 Å². The normalized spacial score (nSPS) is 14.6. The predicted octanol–water partition coefficient (Wildman–Crippen LogP) is 2.45. The highest BCUT2D eigenvalue weighted by atomic mass is 127. The van der Waals surface area contributed by atoms with E-state index < -0.39 is 0 Å². The van der Waals surface area contributed by atoms with Gasteiger partial charge in [-0.2, -0.15) is 0 Å². The minimum Gasteiger partial charge on any atom is -0.497 e. The van der Waals surface area contributed by atoms with Crippen LogP contribution < -0.4 is 15.0 Å². The Kier molecular flexibility index (Phi) is 13.0. The number of rotatable bonds is 10. The summed E-state index contributed by atoms with van der Waals surface area (Å²) in [6.45, 7) is 9.65. The van der Waals surface area contributed by atoms with Gasteiger partial charge in [-0.05, 0) is 37.6 Å². The van der Waals surface area contributed by atoms with E-state index in [1.54, 1.807) is 14.2 Å². The van der Waals surface area contributed by atoms with Crippen molar-refractivity contribution in [1.29, 1.82) is 0 Å². The maximum absolute atomic E-state index is 5.50. The number of hydrogen-bond donors (Lipinski definition) is 1. The second-order valence-electron chi connectivity index (χ2n) is 6.37. The number of benzene rings is 1. The minimum atomic E-state index is 0. The van der Waals surface area contributed by atoms with Crippen molar-refractivity contribution in [3.05, 3.63) is 24.3 Å². The summed E-state index contributed by atoms with van der Waals surface area (Å²) in [5.41, 5.74) is 1.24. The topological polar surface area (TPSA) is 58.6 Å². The molecule has 1 fully saturated rings. The molecular formula is C20H35IN4O3. The number of aliphatic imine (C=N–C) groups is 1. The molecule has 0 aliphatic carbocycles. The van der Waals surface area contributed by atoms with Crippen LogP contribution in [-0.4, -0.2) is 84.2 Å². The van der Waals surface area contributed by atoms with E-state index in [2.05, 4.69) is 34.2 Å². The van der Waals surface area contributed by atoms with Crippen molar-refractivity contribution >= 4 is 35.6 Å². The number of nitrogens with one attached hydrogen (secondary N) is 1. The molecule has 0 amide bonds. The molecule has 0 spiro atoms. The van der Waals surface area contributed by atoms with Crippen LogP contribution in [0.1, 0.15) is 13.3 Å². The van der Waals surface area contributed by atoms with Crippen molar-refractivity contribution in [3.63, 3.8) is 0 Å². The Morgan fingerprint density at radius 3 is 2.36 bits per heavy atom. The maximum atomic E-state index is 5.50. The lowest BCUT2D eigenvalue weighted by Crippen LogP contribution is -2.52. The van der Waals surface area contributed by atoms with Gasteiger partial charge in [0.25, 0.3) is 0 Å². The molecule has 1 heterocycles. The van der Waals surface area contributed by atoms with Crippen LogP contribution in [0, 0.1) is 0 Å². The summed E-state index contributed by atoms with van der Waals surface area (Å²) >= 11 is 0. The number of methoxy groups -OCH3 is 2. The van der Waals surface area contributed by atoms with Crippen LogP contribution in [0.2, 0.25) is 0 Å².